The highest BCUT2D eigenvalue weighted by atomic mass is 35.5. The molecular formula is C29H25Cl2N3OS. The number of thioether (sulfide) groups is 1. The lowest BCUT2D eigenvalue weighted by molar-refractivity contribution is -0.112. The number of fused-ring (bicyclic) bond motifs is 1. The second-order valence-electron chi connectivity index (χ2n) is 9.22. The van der Waals surface area contributed by atoms with Gasteiger partial charge in [-0.3, -0.25) is 9.36 Å². The molecule has 0 amide bonds. The van der Waals surface area contributed by atoms with Crippen molar-refractivity contribution >= 4 is 46.4 Å². The fraction of sp³-hybridized carbons (Fsp3) is 0.172. The van der Waals surface area contributed by atoms with Gasteiger partial charge in [0.05, 0.1) is 16.5 Å². The van der Waals surface area contributed by atoms with E-state index >= 15 is 0 Å². The number of allylic oxidation sites excluding steroid dienone is 2. The van der Waals surface area contributed by atoms with Gasteiger partial charge in [0, 0.05) is 52.4 Å². The minimum Gasteiger partial charge on any atom is -0.347 e. The number of nitrogens with zero attached hydrogens (tertiary/aromatic N) is 3. The summed E-state index contributed by atoms with van der Waals surface area (Å²) in [5, 5.41) is 1.82. The summed E-state index contributed by atoms with van der Waals surface area (Å²) < 4.78 is 1.99. The van der Waals surface area contributed by atoms with Gasteiger partial charge in [-0.25, -0.2) is 4.98 Å². The quantitative estimate of drug-likeness (QED) is 0.187. The summed E-state index contributed by atoms with van der Waals surface area (Å²) in [5.41, 5.74) is 5.59. The minimum absolute atomic E-state index is 0.0384. The maximum Gasteiger partial charge on any atom is 0.173 e. The highest BCUT2D eigenvalue weighted by molar-refractivity contribution is 7.99. The number of halogens is 2. The molecule has 0 atom stereocenters. The van der Waals surface area contributed by atoms with Crippen LogP contribution in [0.2, 0.25) is 10.0 Å². The predicted molar refractivity (Wildman–Crippen MR) is 151 cm³/mol. The predicted octanol–water partition coefficient (Wildman–Crippen LogP) is 7.82. The normalized spacial score (nSPS) is 15.4. The topological polar surface area (TPSA) is 38.1 Å². The summed E-state index contributed by atoms with van der Waals surface area (Å²) in [4.78, 5) is 20.1. The number of benzene rings is 3. The minimum atomic E-state index is -0.243. The first-order valence-electron chi connectivity index (χ1n) is 11.6. The van der Waals surface area contributed by atoms with Gasteiger partial charge in [-0.15, -0.1) is 0 Å². The van der Waals surface area contributed by atoms with Crippen molar-refractivity contribution in [2.24, 2.45) is 0 Å². The van der Waals surface area contributed by atoms with Crippen molar-refractivity contribution in [3.63, 3.8) is 0 Å². The fourth-order valence-corrected chi connectivity index (χ4v) is 5.97. The van der Waals surface area contributed by atoms with Crippen molar-refractivity contribution in [1.82, 2.24) is 9.55 Å². The van der Waals surface area contributed by atoms with E-state index in [-0.39, 0.29) is 17.0 Å². The molecule has 7 heteroatoms. The lowest BCUT2D eigenvalue weighted by atomic mass is 9.83. The highest BCUT2D eigenvalue weighted by Gasteiger charge is 2.38. The Labute approximate surface area is 225 Å². The van der Waals surface area contributed by atoms with Crippen molar-refractivity contribution in [2.45, 2.75) is 24.4 Å². The number of aromatic nitrogens is 2. The van der Waals surface area contributed by atoms with E-state index in [0.717, 1.165) is 33.5 Å². The van der Waals surface area contributed by atoms with Crippen molar-refractivity contribution in [3.8, 4) is 16.9 Å². The van der Waals surface area contributed by atoms with Gasteiger partial charge < -0.3 is 4.90 Å². The van der Waals surface area contributed by atoms with Gasteiger partial charge in [0.25, 0.3) is 0 Å². The number of ketones is 1. The van der Waals surface area contributed by atoms with Crippen LogP contribution in [0, 0.1) is 0 Å². The van der Waals surface area contributed by atoms with Gasteiger partial charge in [0.1, 0.15) is 0 Å². The molecule has 0 saturated heterocycles. The summed E-state index contributed by atoms with van der Waals surface area (Å²) >= 11 is 14.0. The molecule has 182 valence electrons. The Bertz CT molecular complexity index is 1480. The molecule has 0 N–H and O–H groups in total. The standard InChI is InChI=1S/C29H25Cl2N3OS/c1-29(2)23-11-7-8-12-26(23)33(3)27(29)16-21(35)18-36-28-32-25(22-14-13-19(30)15-24(22)31)17-34(28)20-9-5-4-6-10-20/h4-17H,18H2,1-3H3/b27-16-. The maximum absolute atomic E-state index is 13.2. The molecule has 2 heterocycles. The lowest BCUT2D eigenvalue weighted by Gasteiger charge is -2.23. The SMILES string of the molecule is CN1/C(=C\C(=O)CSc2nc(-c3ccc(Cl)cc3Cl)cn2-c2ccccc2)C(C)(C)c2ccccc21. The molecule has 0 bridgehead atoms. The summed E-state index contributed by atoms with van der Waals surface area (Å²) in [6.45, 7) is 4.32. The van der Waals surface area contributed by atoms with Gasteiger partial charge in [-0.1, -0.05) is 85.2 Å². The highest BCUT2D eigenvalue weighted by Crippen LogP contribution is 2.46. The van der Waals surface area contributed by atoms with Crippen LogP contribution in [-0.2, 0) is 10.2 Å². The van der Waals surface area contributed by atoms with Gasteiger partial charge in [-0.05, 0) is 42.0 Å². The maximum atomic E-state index is 13.2. The Balaban J connectivity index is 1.43. The van der Waals surface area contributed by atoms with Gasteiger partial charge in [0.2, 0.25) is 0 Å². The van der Waals surface area contributed by atoms with Gasteiger partial charge in [-0.2, -0.15) is 0 Å². The average molecular weight is 535 g/mol. The van der Waals surface area contributed by atoms with E-state index in [4.69, 9.17) is 28.2 Å². The molecule has 0 aliphatic carbocycles. The summed E-state index contributed by atoms with van der Waals surface area (Å²) in [5.74, 6) is 0.304. The lowest BCUT2D eigenvalue weighted by Crippen LogP contribution is -2.24. The number of para-hydroxylation sites is 2. The van der Waals surface area contributed by atoms with Gasteiger partial charge in [0.15, 0.2) is 10.9 Å². The second-order valence-corrected chi connectivity index (χ2v) is 11.0. The van der Waals surface area contributed by atoms with Crippen LogP contribution in [-0.4, -0.2) is 28.1 Å². The van der Waals surface area contributed by atoms with Crippen LogP contribution >= 0.6 is 35.0 Å². The molecule has 1 aliphatic heterocycles. The second kappa shape index (κ2) is 9.81. The smallest absolute Gasteiger partial charge is 0.173 e. The van der Waals surface area contributed by atoms with Crippen LogP contribution in [0.15, 0.2) is 95.9 Å². The molecule has 0 radical (unpaired) electrons. The molecular weight excluding hydrogens is 509 g/mol. The molecule has 0 saturated carbocycles. The van der Waals surface area contributed by atoms with Gasteiger partial charge >= 0.3 is 0 Å². The molecule has 0 unspecified atom stereocenters. The molecule has 1 aromatic heterocycles. The molecule has 0 fully saturated rings. The molecule has 3 aromatic carbocycles. The molecule has 36 heavy (non-hydrogen) atoms. The first-order valence-corrected chi connectivity index (χ1v) is 13.3. The summed E-state index contributed by atoms with van der Waals surface area (Å²) in [6.07, 6.45) is 3.72. The van der Waals surface area contributed by atoms with Crippen LogP contribution < -0.4 is 4.90 Å². The number of likely N-dealkylation sites (N-methyl/N-ethyl adjacent to an activating group) is 1. The van der Waals surface area contributed by atoms with E-state index in [1.54, 1.807) is 18.2 Å². The third-order valence-corrected chi connectivity index (χ3v) is 8.02. The van der Waals surface area contributed by atoms with Crippen LogP contribution in [0.4, 0.5) is 5.69 Å². The van der Waals surface area contributed by atoms with Crippen LogP contribution in [0.3, 0.4) is 0 Å². The van der Waals surface area contributed by atoms with Crippen LogP contribution in [0.5, 0.6) is 0 Å². The van der Waals surface area contributed by atoms with Crippen molar-refractivity contribution in [1.29, 1.82) is 0 Å². The van der Waals surface area contributed by atoms with Crippen LogP contribution in [0.1, 0.15) is 19.4 Å². The molecule has 4 nitrogen and oxygen atoms in total. The van der Waals surface area contributed by atoms with Crippen molar-refractivity contribution in [2.75, 3.05) is 17.7 Å². The number of imidazole rings is 1. The van der Waals surface area contributed by atoms with E-state index < -0.39 is 0 Å². The monoisotopic (exact) mass is 533 g/mol. The summed E-state index contributed by atoms with van der Waals surface area (Å²) in [7, 11) is 2.02. The Hall–Kier alpha value is -2.99. The molecule has 0 spiro atoms. The molecule has 5 rings (SSSR count). The number of carbonyl (C=O) groups excluding carboxylic acids is 1. The Morgan fingerprint density at radius 3 is 2.47 bits per heavy atom. The largest absolute Gasteiger partial charge is 0.347 e. The zero-order chi connectivity index (χ0) is 25.4. The van der Waals surface area contributed by atoms with Crippen LogP contribution in [0.25, 0.3) is 16.9 Å². The molecule has 4 aromatic rings. The Morgan fingerprint density at radius 2 is 1.75 bits per heavy atom. The number of rotatable bonds is 6. The third kappa shape index (κ3) is 4.59. The average Bonchev–Trinajstić information content (AvgIpc) is 3.37. The number of hydrogen-bond acceptors (Lipinski definition) is 4. The van der Waals surface area contributed by atoms with E-state index in [1.807, 2.05) is 66.3 Å². The number of hydrogen-bond donors (Lipinski definition) is 0. The molecule has 1 aliphatic rings. The number of carbonyl (C=O) groups is 1. The fourth-order valence-electron chi connectivity index (χ4n) is 4.65. The van der Waals surface area contributed by atoms with E-state index in [0.29, 0.717) is 10.0 Å². The zero-order valence-corrected chi connectivity index (χ0v) is 22.5. The first-order chi connectivity index (χ1) is 17.3. The van der Waals surface area contributed by atoms with E-state index in [9.17, 15) is 4.79 Å². The van der Waals surface area contributed by atoms with Crippen molar-refractivity contribution in [3.05, 3.63) is 106 Å². The summed E-state index contributed by atoms with van der Waals surface area (Å²) in [6, 6.07) is 23.6. The van der Waals surface area contributed by atoms with Crippen molar-refractivity contribution < 1.29 is 4.79 Å². The Kier molecular flexibility index (Phi) is 6.73. The zero-order valence-electron chi connectivity index (χ0n) is 20.2. The third-order valence-electron chi connectivity index (χ3n) is 6.50. The van der Waals surface area contributed by atoms with E-state index in [2.05, 4.69) is 30.9 Å². The first kappa shape index (κ1) is 24.7. The Morgan fingerprint density at radius 1 is 1.03 bits per heavy atom. The van der Waals surface area contributed by atoms with E-state index in [1.165, 1.54) is 17.3 Å². The number of anilines is 1.